The van der Waals surface area contributed by atoms with Gasteiger partial charge in [0.25, 0.3) is 17.7 Å². The number of likely N-dealkylation sites (N-methyl/N-ethyl adjacent to an activating group) is 1. The van der Waals surface area contributed by atoms with Gasteiger partial charge in [-0.3, -0.25) is 29.0 Å². The predicted octanol–water partition coefficient (Wildman–Crippen LogP) is 3.26. The largest absolute Gasteiger partial charge is 0.482 e. The van der Waals surface area contributed by atoms with E-state index in [2.05, 4.69) is 4.74 Å². The minimum Gasteiger partial charge on any atom is -0.482 e. The number of piperidine rings is 1. The highest BCUT2D eigenvalue weighted by Gasteiger charge is 2.44. The molecule has 3 aromatic carbocycles. The standard InChI is InChI=1S/C26H15F5N2O7/c1-32-15(34)6-5-14(26(32)38)33-24(36)12-4-2-3-10-7-11(8-13(17(10)12)25(33)37)39-9-16(35)40-23-21(30)19(28)18(27)20(29)22(23)31/h2-4,7-8,14H,5-6,9H2,1H3. The van der Waals surface area contributed by atoms with E-state index in [9.17, 15) is 45.9 Å². The minimum atomic E-state index is -2.43. The van der Waals surface area contributed by atoms with Crippen LogP contribution in [0.15, 0.2) is 30.3 Å². The Bertz CT molecular complexity index is 1650. The molecule has 2 aliphatic heterocycles. The van der Waals surface area contributed by atoms with Crippen LogP contribution in [0.5, 0.6) is 11.5 Å². The van der Waals surface area contributed by atoms with Crippen molar-refractivity contribution in [1.82, 2.24) is 9.80 Å². The highest BCUT2D eigenvalue weighted by atomic mass is 19.2. The molecule has 3 aromatic rings. The van der Waals surface area contributed by atoms with Gasteiger partial charge in [-0.15, -0.1) is 0 Å². The molecule has 206 valence electrons. The van der Waals surface area contributed by atoms with E-state index < -0.39 is 77.1 Å². The predicted molar refractivity (Wildman–Crippen MR) is 123 cm³/mol. The second kappa shape index (κ2) is 9.70. The summed E-state index contributed by atoms with van der Waals surface area (Å²) in [6, 6.07) is 5.71. The van der Waals surface area contributed by atoms with Gasteiger partial charge in [-0.25, -0.2) is 18.0 Å². The van der Waals surface area contributed by atoms with E-state index in [-0.39, 0.29) is 35.1 Å². The minimum absolute atomic E-state index is 0.0741. The van der Waals surface area contributed by atoms with Crippen LogP contribution < -0.4 is 9.47 Å². The van der Waals surface area contributed by atoms with Crippen LogP contribution in [0.1, 0.15) is 33.6 Å². The third kappa shape index (κ3) is 4.12. The number of rotatable bonds is 5. The third-order valence-electron chi connectivity index (χ3n) is 6.52. The number of amides is 4. The van der Waals surface area contributed by atoms with Crippen LogP contribution in [0.4, 0.5) is 22.0 Å². The van der Waals surface area contributed by atoms with Crippen LogP contribution in [-0.4, -0.2) is 59.1 Å². The van der Waals surface area contributed by atoms with Crippen molar-refractivity contribution in [3.05, 3.63) is 70.5 Å². The van der Waals surface area contributed by atoms with E-state index in [0.717, 1.165) is 15.9 Å². The number of hydrogen-bond donors (Lipinski definition) is 0. The SMILES string of the molecule is CN1C(=O)CCC(N2C(=O)c3cccc4cc(OCC(=O)Oc5c(F)c(F)c(F)c(F)c5F)cc(c34)C2=O)C1=O. The number of carbonyl (C=O) groups excluding carboxylic acids is 5. The van der Waals surface area contributed by atoms with Crippen molar-refractivity contribution in [3.8, 4) is 11.5 Å². The number of imide groups is 2. The first-order valence-corrected chi connectivity index (χ1v) is 11.5. The molecule has 40 heavy (non-hydrogen) atoms. The number of ether oxygens (including phenoxy) is 2. The quantitative estimate of drug-likeness (QED) is 0.117. The molecule has 0 bridgehead atoms. The summed E-state index contributed by atoms with van der Waals surface area (Å²) in [5.74, 6) is -18.1. The van der Waals surface area contributed by atoms with Crippen LogP contribution in [0.3, 0.4) is 0 Å². The van der Waals surface area contributed by atoms with Gasteiger partial charge in [-0.05, 0) is 30.0 Å². The van der Waals surface area contributed by atoms with Gasteiger partial charge in [0.2, 0.25) is 40.7 Å². The third-order valence-corrected chi connectivity index (χ3v) is 6.52. The van der Waals surface area contributed by atoms with Gasteiger partial charge in [0.1, 0.15) is 11.8 Å². The van der Waals surface area contributed by atoms with Gasteiger partial charge in [0, 0.05) is 24.4 Å². The Balaban J connectivity index is 1.43. The van der Waals surface area contributed by atoms with Gasteiger partial charge in [-0.2, -0.15) is 8.78 Å². The molecule has 4 amide bonds. The van der Waals surface area contributed by atoms with Gasteiger partial charge in [0.05, 0.1) is 5.56 Å². The Labute approximate surface area is 220 Å². The van der Waals surface area contributed by atoms with Gasteiger partial charge in [0.15, 0.2) is 6.61 Å². The highest BCUT2D eigenvalue weighted by molar-refractivity contribution is 6.27. The van der Waals surface area contributed by atoms with Crippen molar-refractivity contribution in [2.24, 2.45) is 0 Å². The summed E-state index contributed by atoms with van der Waals surface area (Å²) in [5.41, 5.74) is 0.0138. The first-order chi connectivity index (χ1) is 18.9. The zero-order valence-electron chi connectivity index (χ0n) is 20.2. The smallest absolute Gasteiger partial charge is 0.349 e. The second-order valence-electron chi connectivity index (χ2n) is 8.86. The van der Waals surface area contributed by atoms with Crippen LogP contribution in [0.2, 0.25) is 0 Å². The summed E-state index contributed by atoms with van der Waals surface area (Å²) in [5, 5.41) is 0.555. The lowest BCUT2D eigenvalue weighted by Crippen LogP contribution is -2.57. The molecule has 14 heteroatoms. The van der Waals surface area contributed by atoms with Gasteiger partial charge >= 0.3 is 5.97 Å². The number of esters is 1. The maximum Gasteiger partial charge on any atom is 0.349 e. The summed E-state index contributed by atoms with van der Waals surface area (Å²) in [7, 11) is 1.24. The Morgan fingerprint density at radius 2 is 1.52 bits per heavy atom. The van der Waals surface area contributed by atoms with Crippen LogP contribution in [-0.2, 0) is 14.4 Å². The molecule has 0 saturated carbocycles. The molecule has 1 atom stereocenters. The lowest BCUT2D eigenvalue weighted by atomic mass is 9.91. The van der Waals surface area contributed by atoms with Crippen LogP contribution in [0.25, 0.3) is 10.8 Å². The summed E-state index contributed by atoms with van der Waals surface area (Å²) in [6.07, 6.45) is -0.153. The maximum absolute atomic E-state index is 13.8. The van der Waals surface area contributed by atoms with Crippen molar-refractivity contribution in [1.29, 1.82) is 0 Å². The van der Waals surface area contributed by atoms with E-state index in [1.807, 2.05) is 0 Å². The monoisotopic (exact) mass is 562 g/mol. The van der Waals surface area contributed by atoms with E-state index in [1.54, 1.807) is 0 Å². The number of benzene rings is 3. The van der Waals surface area contributed by atoms with E-state index in [4.69, 9.17) is 4.74 Å². The summed E-state index contributed by atoms with van der Waals surface area (Å²) in [6.45, 7) is -1.07. The number of halogens is 5. The molecule has 1 saturated heterocycles. The van der Waals surface area contributed by atoms with E-state index >= 15 is 0 Å². The summed E-state index contributed by atoms with van der Waals surface area (Å²) in [4.78, 5) is 65.1. The molecule has 1 unspecified atom stereocenters. The highest BCUT2D eigenvalue weighted by Crippen LogP contribution is 2.36. The topological polar surface area (TPSA) is 110 Å². The first-order valence-electron chi connectivity index (χ1n) is 11.5. The molecule has 2 aliphatic rings. The second-order valence-corrected chi connectivity index (χ2v) is 8.86. The number of likely N-dealkylation sites (tertiary alicyclic amines) is 1. The van der Waals surface area contributed by atoms with Crippen molar-refractivity contribution in [2.45, 2.75) is 18.9 Å². The molecule has 0 N–H and O–H groups in total. The van der Waals surface area contributed by atoms with Gasteiger partial charge < -0.3 is 9.47 Å². The molecule has 0 aliphatic carbocycles. The zero-order chi connectivity index (χ0) is 29.0. The Hall–Kier alpha value is -4.88. The molecular weight excluding hydrogens is 547 g/mol. The first kappa shape index (κ1) is 26.7. The summed E-state index contributed by atoms with van der Waals surface area (Å²) < 4.78 is 77.2. The molecule has 1 fully saturated rings. The Morgan fingerprint density at radius 1 is 0.900 bits per heavy atom. The number of hydrogen-bond acceptors (Lipinski definition) is 7. The van der Waals surface area contributed by atoms with Crippen molar-refractivity contribution in [2.75, 3.05) is 13.7 Å². The number of carbonyl (C=O) groups is 5. The van der Waals surface area contributed by atoms with Crippen LogP contribution >= 0.6 is 0 Å². The normalized spacial score (nSPS) is 17.1. The lowest BCUT2D eigenvalue weighted by Gasteiger charge is -2.37. The Morgan fingerprint density at radius 3 is 2.20 bits per heavy atom. The van der Waals surface area contributed by atoms with Crippen molar-refractivity contribution in [3.63, 3.8) is 0 Å². The molecule has 0 radical (unpaired) electrons. The maximum atomic E-state index is 13.8. The van der Waals surface area contributed by atoms with E-state index in [1.165, 1.54) is 31.3 Å². The fraction of sp³-hybridized carbons (Fsp3) is 0.192. The molecule has 0 aromatic heterocycles. The number of nitrogens with zero attached hydrogens (tertiary/aromatic N) is 2. The molecule has 0 spiro atoms. The molecule has 5 rings (SSSR count). The average molecular weight is 562 g/mol. The molecular formula is C26H15F5N2O7. The van der Waals surface area contributed by atoms with Gasteiger partial charge in [-0.1, -0.05) is 12.1 Å². The lowest BCUT2D eigenvalue weighted by molar-refractivity contribution is -0.149. The molecule has 2 heterocycles. The van der Waals surface area contributed by atoms with Crippen molar-refractivity contribution < 1.29 is 55.4 Å². The van der Waals surface area contributed by atoms with E-state index in [0.29, 0.717) is 5.39 Å². The average Bonchev–Trinajstić information content (AvgIpc) is 2.94. The fourth-order valence-corrected chi connectivity index (χ4v) is 4.56. The molecule has 9 nitrogen and oxygen atoms in total. The Kier molecular flexibility index (Phi) is 6.48. The van der Waals surface area contributed by atoms with Crippen molar-refractivity contribution >= 4 is 40.4 Å². The fourth-order valence-electron chi connectivity index (χ4n) is 4.56. The summed E-state index contributed by atoms with van der Waals surface area (Å²) >= 11 is 0. The zero-order valence-corrected chi connectivity index (χ0v) is 20.2. The van der Waals surface area contributed by atoms with Crippen LogP contribution in [0, 0.1) is 29.1 Å².